The van der Waals surface area contributed by atoms with Crippen LogP contribution in [0.2, 0.25) is 0 Å². The smallest absolute Gasteiger partial charge is 0.235 e. The molecule has 2 aromatic rings. The van der Waals surface area contributed by atoms with Crippen LogP contribution in [-0.2, 0) is 16.6 Å². The van der Waals surface area contributed by atoms with Crippen molar-refractivity contribution >= 4 is 11.6 Å². The van der Waals surface area contributed by atoms with E-state index < -0.39 is 5.41 Å². The lowest BCUT2D eigenvalue weighted by Crippen LogP contribution is -2.33. The normalized spacial score (nSPS) is 21.1. The Morgan fingerprint density at radius 3 is 2.74 bits per heavy atom. The molecule has 0 saturated carbocycles. The zero-order valence-electron chi connectivity index (χ0n) is 10.5. The first-order valence-corrected chi connectivity index (χ1v) is 6.10. The van der Waals surface area contributed by atoms with E-state index in [1.807, 2.05) is 19.1 Å². The summed E-state index contributed by atoms with van der Waals surface area (Å²) in [5.41, 5.74) is 1.68. The van der Waals surface area contributed by atoms with Gasteiger partial charge in [-0.05, 0) is 54.8 Å². The van der Waals surface area contributed by atoms with E-state index in [2.05, 4.69) is 10.3 Å². The highest BCUT2D eigenvalue weighted by atomic mass is 19.1. The lowest BCUT2D eigenvalue weighted by Gasteiger charge is -2.22. The quantitative estimate of drug-likeness (QED) is 0.897. The number of carbonyl (C=O) groups is 1. The maximum absolute atomic E-state index is 13.4. The van der Waals surface area contributed by atoms with Crippen molar-refractivity contribution in [3.05, 3.63) is 59.7 Å². The molecule has 1 aliphatic rings. The van der Waals surface area contributed by atoms with Gasteiger partial charge in [-0.2, -0.15) is 0 Å². The standard InChI is InChI=1S/C15H13FN2O/c1-15(9-10-4-6-17-7-5-10)12-8-11(16)2-3-13(12)18-14(15)19/h2-8H,9H2,1H3,(H,18,19). The average molecular weight is 256 g/mol. The minimum atomic E-state index is -0.737. The third-order valence-electron chi connectivity index (χ3n) is 3.63. The first kappa shape index (κ1) is 11.8. The summed E-state index contributed by atoms with van der Waals surface area (Å²) in [6.07, 6.45) is 3.91. The number of aromatic nitrogens is 1. The number of pyridine rings is 1. The second-order valence-corrected chi connectivity index (χ2v) is 5.01. The summed E-state index contributed by atoms with van der Waals surface area (Å²) in [4.78, 5) is 16.2. The van der Waals surface area contributed by atoms with E-state index >= 15 is 0 Å². The van der Waals surface area contributed by atoms with E-state index in [-0.39, 0.29) is 11.7 Å². The number of amides is 1. The molecule has 1 amide bonds. The van der Waals surface area contributed by atoms with Crippen LogP contribution in [0.3, 0.4) is 0 Å². The molecular formula is C15H13FN2O. The van der Waals surface area contributed by atoms with Crippen LogP contribution in [0.4, 0.5) is 10.1 Å². The molecule has 0 aliphatic carbocycles. The van der Waals surface area contributed by atoms with Crippen molar-refractivity contribution in [1.82, 2.24) is 4.98 Å². The van der Waals surface area contributed by atoms with E-state index in [9.17, 15) is 9.18 Å². The number of rotatable bonds is 2. The van der Waals surface area contributed by atoms with Crippen molar-refractivity contribution in [2.24, 2.45) is 0 Å². The molecule has 1 N–H and O–H groups in total. The van der Waals surface area contributed by atoms with Crippen LogP contribution in [0.1, 0.15) is 18.1 Å². The summed E-state index contributed by atoms with van der Waals surface area (Å²) < 4.78 is 13.4. The van der Waals surface area contributed by atoms with E-state index in [1.54, 1.807) is 18.5 Å². The van der Waals surface area contributed by atoms with Gasteiger partial charge in [-0.3, -0.25) is 9.78 Å². The van der Waals surface area contributed by atoms with E-state index in [0.29, 0.717) is 17.7 Å². The number of anilines is 1. The van der Waals surface area contributed by atoms with Crippen molar-refractivity contribution < 1.29 is 9.18 Å². The molecule has 19 heavy (non-hydrogen) atoms. The monoisotopic (exact) mass is 256 g/mol. The van der Waals surface area contributed by atoms with Gasteiger partial charge in [0.05, 0.1) is 5.41 Å². The number of carbonyl (C=O) groups excluding carboxylic acids is 1. The number of benzene rings is 1. The summed E-state index contributed by atoms with van der Waals surface area (Å²) >= 11 is 0. The van der Waals surface area contributed by atoms with Gasteiger partial charge in [0.2, 0.25) is 5.91 Å². The Bertz CT molecular complexity index is 642. The zero-order valence-corrected chi connectivity index (χ0v) is 10.5. The van der Waals surface area contributed by atoms with Crippen molar-refractivity contribution in [2.45, 2.75) is 18.8 Å². The Labute approximate surface area is 110 Å². The van der Waals surface area contributed by atoms with Gasteiger partial charge < -0.3 is 5.32 Å². The summed E-state index contributed by atoms with van der Waals surface area (Å²) in [6, 6.07) is 8.15. The van der Waals surface area contributed by atoms with Gasteiger partial charge in [-0.15, -0.1) is 0 Å². The van der Waals surface area contributed by atoms with E-state index in [4.69, 9.17) is 0 Å². The molecule has 3 nitrogen and oxygen atoms in total. The predicted octanol–water partition coefficient (Wildman–Crippen LogP) is 2.67. The van der Waals surface area contributed by atoms with Crippen LogP contribution in [0.15, 0.2) is 42.7 Å². The Kier molecular flexibility index (Phi) is 2.59. The molecule has 0 saturated heterocycles. The van der Waals surface area contributed by atoms with Gasteiger partial charge in [-0.1, -0.05) is 0 Å². The second-order valence-electron chi connectivity index (χ2n) is 5.01. The molecule has 2 heterocycles. The molecule has 0 fully saturated rings. The first-order valence-electron chi connectivity index (χ1n) is 6.10. The second kappa shape index (κ2) is 4.16. The van der Waals surface area contributed by atoms with E-state index in [0.717, 1.165) is 5.56 Å². The van der Waals surface area contributed by atoms with Crippen LogP contribution in [-0.4, -0.2) is 10.9 Å². The maximum Gasteiger partial charge on any atom is 0.235 e. The van der Waals surface area contributed by atoms with Crippen LogP contribution >= 0.6 is 0 Å². The Morgan fingerprint density at radius 2 is 2.00 bits per heavy atom. The molecule has 96 valence electrons. The van der Waals surface area contributed by atoms with Crippen molar-refractivity contribution in [1.29, 1.82) is 0 Å². The summed E-state index contributed by atoms with van der Waals surface area (Å²) in [5, 5.41) is 2.81. The van der Waals surface area contributed by atoms with Crippen molar-refractivity contribution in [2.75, 3.05) is 5.32 Å². The van der Waals surface area contributed by atoms with Gasteiger partial charge >= 0.3 is 0 Å². The molecule has 4 heteroatoms. The Hall–Kier alpha value is -2.23. The highest BCUT2D eigenvalue weighted by Gasteiger charge is 2.42. The summed E-state index contributed by atoms with van der Waals surface area (Å²) in [6.45, 7) is 1.84. The lowest BCUT2D eigenvalue weighted by molar-refractivity contribution is -0.120. The molecule has 1 atom stereocenters. The van der Waals surface area contributed by atoms with Gasteiger partial charge in [0, 0.05) is 18.1 Å². The molecule has 1 unspecified atom stereocenters. The minimum absolute atomic E-state index is 0.0927. The number of nitrogens with zero attached hydrogens (tertiary/aromatic N) is 1. The largest absolute Gasteiger partial charge is 0.325 e. The van der Waals surface area contributed by atoms with Gasteiger partial charge in [0.15, 0.2) is 0 Å². The number of hydrogen-bond acceptors (Lipinski definition) is 2. The van der Waals surface area contributed by atoms with E-state index in [1.165, 1.54) is 12.1 Å². The molecule has 1 aromatic carbocycles. The number of nitrogens with one attached hydrogen (secondary N) is 1. The SMILES string of the molecule is CC1(Cc2ccncc2)C(=O)Nc2ccc(F)cc21. The topological polar surface area (TPSA) is 42.0 Å². The third-order valence-corrected chi connectivity index (χ3v) is 3.63. The first-order chi connectivity index (χ1) is 9.09. The highest BCUT2D eigenvalue weighted by Crippen LogP contribution is 2.40. The average Bonchev–Trinajstić information content (AvgIpc) is 2.64. The number of halogens is 1. The maximum atomic E-state index is 13.4. The molecule has 1 aliphatic heterocycles. The Morgan fingerprint density at radius 1 is 1.26 bits per heavy atom. The zero-order chi connectivity index (χ0) is 13.5. The molecule has 3 rings (SSSR count). The highest BCUT2D eigenvalue weighted by molar-refractivity contribution is 6.06. The fourth-order valence-corrected chi connectivity index (χ4v) is 2.55. The minimum Gasteiger partial charge on any atom is -0.325 e. The summed E-state index contributed by atoms with van der Waals surface area (Å²) in [7, 11) is 0. The molecular weight excluding hydrogens is 243 g/mol. The lowest BCUT2D eigenvalue weighted by atomic mass is 9.78. The fourth-order valence-electron chi connectivity index (χ4n) is 2.55. The van der Waals surface area contributed by atoms with Crippen LogP contribution < -0.4 is 5.32 Å². The molecule has 1 aromatic heterocycles. The van der Waals surface area contributed by atoms with Crippen LogP contribution in [0, 0.1) is 5.82 Å². The number of fused-ring (bicyclic) bond motifs is 1. The Balaban J connectivity index is 2.04. The molecule has 0 radical (unpaired) electrons. The van der Waals surface area contributed by atoms with Gasteiger partial charge in [0.1, 0.15) is 5.82 Å². The van der Waals surface area contributed by atoms with Crippen LogP contribution in [0.25, 0.3) is 0 Å². The fraction of sp³-hybridized carbons (Fsp3) is 0.200. The predicted molar refractivity (Wildman–Crippen MR) is 70.3 cm³/mol. The molecule has 0 bridgehead atoms. The number of hydrogen-bond donors (Lipinski definition) is 1. The third kappa shape index (κ3) is 1.89. The summed E-state index contributed by atoms with van der Waals surface area (Å²) in [5.74, 6) is -0.416. The van der Waals surface area contributed by atoms with Crippen molar-refractivity contribution in [3.63, 3.8) is 0 Å². The van der Waals surface area contributed by atoms with Crippen molar-refractivity contribution in [3.8, 4) is 0 Å². The van der Waals surface area contributed by atoms with Gasteiger partial charge in [0.25, 0.3) is 0 Å². The van der Waals surface area contributed by atoms with Crippen LogP contribution in [0.5, 0.6) is 0 Å². The van der Waals surface area contributed by atoms with Gasteiger partial charge in [-0.25, -0.2) is 4.39 Å². The molecule has 0 spiro atoms.